The molecular weight excluding hydrogens is 274 g/mol. The molecule has 1 heterocycles. The van der Waals surface area contributed by atoms with Gasteiger partial charge in [0.15, 0.2) is 0 Å². The third-order valence-electron chi connectivity index (χ3n) is 4.13. The molecule has 0 spiro atoms. The van der Waals surface area contributed by atoms with Crippen molar-refractivity contribution in [1.82, 2.24) is 10.3 Å². The molecule has 0 aromatic carbocycles. The molecule has 4 nitrogen and oxygen atoms in total. The summed E-state index contributed by atoms with van der Waals surface area (Å²) >= 11 is 5.95. The normalized spacial score (nSPS) is 16.1. The Morgan fingerprint density at radius 3 is 2.70 bits per heavy atom. The van der Waals surface area contributed by atoms with Crippen LogP contribution in [0.5, 0.6) is 0 Å². The van der Waals surface area contributed by atoms with Crippen LogP contribution in [0.25, 0.3) is 0 Å². The third-order valence-corrected chi connectivity index (χ3v) is 4.33. The second-order valence-electron chi connectivity index (χ2n) is 5.79. The average Bonchev–Trinajstić information content (AvgIpc) is 3.17. The standard InChI is InChI=1S/C15H22ClN3O/c1-4-17-13-8-11(7-12(16)19-13)14(20)18-9-15(5-6-15)10(2)3/h7-8,10H,4-6,9H2,1-3H3,(H,17,19)(H,18,20). The molecule has 1 amide bonds. The summed E-state index contributed by atoms with van der Waals surface area (Å²) in [5, 5.41) is 6.43. The van der Waals surface area contributed by atoms with E-state index in [9.17, 15) is 4.79 Å². The first-order valence-corrected chi connectivity index (χ1v) is 7.54. The predicted octanol–water partition coefficient (Wildman–Crippen LogP) is 3.33. The van der Waals surface area contributed by atoms with Gasteiger partial charge in [-0.25, -0.2) is 4.98 Å². The van der Waals surface area contributed by atoms with E-state index in [4.69, 9.17) is 11.6 Å². The first kappa shape index (κ1) is 15.1. The smallest absolute Gasteiger partial charge is 0.251 e. The first-order chi connectivity index (χ1) is 9.47. The van der Waals surface area contributed by atoms with Gasteiger partial charge in [0.1, 0.15) is 11.0 Å². The maximum absolute atomic E-state index is 12.2. The molecule has 1 saturated carbocycles. The fourth-order valence-electron chi connectivity index (χ4n) is 2.38. The summed E-state index contributed by atoms with van der Waals surface area (Å²) in [5.74, 6) is 1.15. The summed E-state index contributed by atoms with van der Waals surface area (Å²) in [4.78, 5) is 16.4. The molecule has 20 heavy (non-hydrogen) atoms. The zero-order valence-electron chi connectivity index (χ0n) is 12.3. The molecule has 2 N–H and O–H groups in total. The number of hydrogen-bond donors (Lipinski definition) is 2. The molecule has 0 atom stereocenters. The number of rotatable bonds is 6. The fourth-order valence-corrected chi connectivity index (χ4v) is 2.59. The highest BCUT2D eigenvalue weighted by Gasteiger charge is 2.45. The van der Waals surface area contributed by atoms with Gasteiger partial charge in [0, 0.05) is 18.7 Å². The van der Waals surface area contributed by atoms with E-state index in [1.807, 2.05) is 6.92 Å². The highest BCUT2D eigenvalue weighted by Crippen LogP contribution is 2.51. The molecule has 2 rings (SSSR count). The summed E-state index contributed by atoms with van der Waals surface area (Å²) in [6.07, 6.45) is 2.40. The zero-order valence-corrected chi connectivity index (χ0v) is 13.0. The zero-order chi connectivity index (χ0) is 14.8. The number of nitrogens with one attached hydrogen (secondary N) is 2. The van der Waals surface area contributed by atoms with Crippen molar-refractivity contribution in [3.8, 4) is 0 Å². The van der Waals surface area contributed by atoms with E-state index in [-0.39, 0.29) is 5.91 Å². The van der Waals surface area contributed by atoms with Crippen molar-refractivity contribution >= 4 is 23.3 Å². The SMILES string of the molecule is CCNc1cc(C(=O)NCC2(C(C)C)CC2)cc(Cl)n1. The van der Waals surface area contributed by atoms with Gasteiger partial charge < -0.3 is 10.6 Å². The fraction of sp³-hybridized carbons (Fsp3) is 0.600. The maximum Gasteiger partial charge on any atom is 0.251 e. The summed E-state index contributed by atoms with van der Waals surface area (Å²) in [6, 6.07) is 3.34. The largest absolute Gasteiger partial charge is 0.370 e. The van der Waals surface area contributed by atoms with Crippen molar-refractivity contribution in [2.75, 3.05) is 18.4 Å². The number of halogens is 1. The lowest BCUT2D eigenvalue weighted by Crippen LogP contribution is -2.32. The number of pyridine rings is 1. The molecule has 1 aromatic heterocycles. The van der Waals surface area contributed by atoms with E-state index in [0.29, 0.717) is 27.9 Å². The van der Waals surface area contributed by atoms with Crippen LogP contribution in [-0.2, 0) is 0 Å². The van der Waals surface area contributed by atoms with E-state index in [2.05, 4.69) is 29.5 Å². The van der Waals surface area contributed by atoms with Crippen LogP contribution < -0.4 is 10.6 Å². The minimum absolute atomic E-state index is 0.0830. The Bertz CT molecular complexity index is 498. The lowest BCUT2D eigenvalue weighted by molar-refractivity contribution is 0.0939. The van der Waals surface area contributed by atoms with Crippen molar-refractivity contribution < 1.29 is 4.79 Å². The predicted molar refractivity (Wildman–Crippen MR) is 82.2 cm³/mol. The molecule has 1 fully saturated rings. The molecule has 110 valence electrons. The van der Waals surface area contributed by atoms with Crippen LogP contribution in [0.1, 0.15) is 44.0 Å². The Morgan fingerprint density at radius 2 is 2.15 bits per heavy atom. The third kappa shape index (κ3) is 3.42. The second kappa shape index (κ2) is 6.00. The van der Waals surface area contributed by atoms with Crippen LogP contribution in [0.15, 0.2) is 12.1 Å². The molecule has 0 aliphatic heterocycles. The lowest BCUT2D eigenvalue weighted by atomic mass is 9.92. The summed E-state index contributed by atoms with van der Waals surface area (Å²) in [5.41, 5.74) is 0.859. The van der Waals surface area contributed by atoms with Gasteiger partial charge in [-0.3, -0.25) is 4.79 Å². The van der Waals surface area contributed by atoms with E-state index >= 15 is 0 Å². The molecule has 1 aliphatic carbocycles. The van der Waals surface area contributed by atoms with Crippen molar-refractivity contribution in [2.45, 2.75) is 33.6 Å². The average molecular weight is 296 g/mol. The van der Waals surface area contributed by atoms with Crippen LogP contribution in [0, 0.1) is 11.3 Å². The van der Waals surface area contributed by atoms with Crippen LogP contribution in [0.2, 0.25) is 5.15 Å². The van der Waals surface area contributed by atoms with E-state index in [1.165, 1.54) is 12.8 Å². The van der Waals surface area contributed by atoms with Crippen LogP contribution in [-0.4, -0.2) is 24.0 Å². The summed E-state index contributed by atoms with van der Waals surface area (Å²) in [7, 11) is 0. The summed E-state index contributed by atoms with van der Waals surface area (Å²) in [6.45, 7) is 7.88. The van der Waals surface area contributed by atoms with E-state index in [0.717, 1.165) is 13.1 Å². The second-order valence-corrected chi connectivity index (χ2v) is 6.18. The van der Waals surface area contributed by atoms with E-state index < -0.39 is 0 Å². The maximum atomic E-state index is 12.2. The van der Waals surface area contributed by atoms with Crippen molar-refractivity contribution in [1.29, 1.82) is 0 Å². The Kier molecular flexibility index (Phi) is 4.53. The van der Waals surface area contributed by atoms with Gasteiger partial charge in [-0.05, 0) is 43.2 Å². The number of carbonyl (C=O) groups excluding carboxylic acids is 1. The monoisotopic (exact) mass is 295 g/mol. The van der Waals surface area contributed by atoms with Crippen molar-refractivity contribution in [3.63, 3.8) is 0 Å². The Labute approximate surface area is 125 Å². The Morgan fingerprint density at radius 1 is 1.45 bits per heavy atom. The van der Waals surface area contributed by atoms with Gasteiger partial charge in [0.2, 0.25) is 0 Å². The minimum atomic E-state index is -0.0830. The van der Waals surface area contributed by atoms with Gasteiger partial charge >= 0.3 is 0 Å². The minimum Gasteiger partial charge on any atom is -0.370 e. The number of aromatic nitrogens is 1. The number of nitrogens with zero attached hydrogens (tertiary/aromatic N) is 1. The van der Waals surface area contributed by atoms with E-state index in [1.54, 1.807) is 12.1 Å². The molecule has 0 unspecified atom stereocenters. The molecule has 1 aromatic rings. The van der Waals surface area contributed by atoms with Crippen LogP contribution in [0.3, 0.4) is 0 Å². The van der Waals surface area contributed by atoms with Crippen molar-refractivity contribution in [3.05, 3.63) is 22.8 Å². The number of amides is 1. The number of carbonyl (C=O) groups is 1. The Hall–Kier alpha value is -1.29. The quantitative estimate of drug-likeness (QED) is 0.792. The van der Waals surface area contributed by atoms with Gasteiger partial charge in [0.05, 0.1) is 0 Å². The van der Waals surface area contributed by atoms with Crippen molar-refractivity contribution in [2.24, 2.45) is 11.3 Å². The van der Waals surface area contributed by atoms with Gasteiger partial charge in [-0.2, -0.15) is 0 Å². The highest BCUT2D eigenvalue weighted by molar-refractivity contribution is 6.29. The van der Waals surface area contributed by atoms with Crippen LogP contribution >= 0.6 is 11.6 Å². The number of anilines is 1. The highest BCUT2D eigenvalue weighted by atomic mass is 35.5. The number of hydrogen-bond acceptors (Lipinski definition) is 3. The summed E-state index contributed by atoms with van der Waals surface area (Å²) < 4.78 is 0. The first-order valence-electron chi connectivity index (χ1n) is 7.16. The molecular formula is C15H22ClN3O. The van der Waals surface area contributed by atoms with Crippen LogP contribution in [0.4, 0.5) is 5.82 Å². The molecule has 0 saturated heterocycles. The molecule has 5 heteroatoms. The van der Waals surface area contributed by atoms with Gasteiger partial charge in [-0.1, -0.05) is 25.4 Å². The topological polar surface area (TPSA) is 54.0 Å². The molecule has 1 aliphatic rings. The molecule has 0 bridgehead atoms. The van der Waals surface area contributed by atoms with Gasteiger partial charge in [-0.15, -0.1) is 0 Å². The van der Waals surface area contributed by atoms with Gasteiger partial charge in [0.25, 0.3) is 5.91 Å². The Balaban J connectivity index is 2.02. The molecule has 0 radical (unpaired) electrons. The lowest BCUT2D eigenvalue weighted by Gasteiger charge is -2.20.